The Bertz CT molecular complexity index is 1280. The summed E-state index contributed by atoms with van der Waals surface area (Å²) in [4.78, 5) is 33.7. The summed E-state index contributed by atoms with van der Waals surface area (Å²) in [6.07, 6.45) is 3.03. The number of methoxy groups -OCH3 is 1. The van der Waals surface area contributed by atoms with Gasteiger partial charge in [0, 0.05) is 30.2 Å². The molecule has 0 aliphatic carbocycles. The highest BCUT2D eigenvalue weighted by Crippen LogP contribution is 2.26. The highest BCUT2D eigenvalue weighted by Gasteiger charge is 2.19. The van der Waals surface area contributed by atoms with Gasteiger partial charge in [-0.1, -0.05) is 12.1 Å². The first-order valence-electron chi connectivity index (χ1n) is 9.38. The molecule has 2 heterocycles. The zero-order valence-corrected chi connectivity index (χ0v) is 16.9. The van der Waals surface area contributed by atoms with Crippen molar-refractivity contribution in [2.45, 2.75) is 0 Å². The van der Waals surface area contributed by atoms with Gasteiger partial charge in [0.2, 0.25) is 0 Å². The summed E-state index contributed by atoms with van der Waals surface area (Å²) >= 11 is 0. The molecule has 9 nitrogen and oxygen atoms in total. The topological polar surface area (TPSA) is 124 Å². The predicted octanol–water partition coefficient (Wildman–Crippen LogP) is 3.43. The minimum absolute atomic E-state index is 0.238. The molecule has 156 valence electrons. The molecule has 0 aliphatic heterocycles. The third kappa shape index (κ3) is 4.01. The van der Waals surface area contributed by atoms with E-state index >= 15 is 0 Å². The lowest BCUT2D eigenvalue weighted by atomic mass is 10.0. The number of nitrogens with one attached hydrogen (secondary N) is 2. The smallest absolute Gasteiger partial charge is 0.323 e. The standard InChI is InChI=1S/C22H20N6O3/c1-28-11-17(18-20(23)24-12-25-21(18)28)19(29)13-4-3-5-15(10-13)27-22(30)26-14-6-8-16(31-2)9-7-14/h3-12H,1-2H3,(H2,23,24,25)(H2,26,27,30). The molecule has 2 aromatic heterocycles. The zero-order valence-electron chi connectivity index (χ0n) is 16.9. The lowest BCUT2D eigenvalue weighted by molar-refractivity contribution is 0.104. The monoisotopic (exact) mass is 416 g/mol. The minimum Gasteiger partial charge on any atom is -0.497 e. The molecule has 0 fully saturated rings. The van der Waals surface area contributed by atoms with Crippen LogP contribution in [0.2, 0.25) is 0 Å². The number of amides is 2. The first kappa shape index (κ1) is 19.9. The van der Waals surface area contributed by atoms with Gasteiger partial charge in [-0.15, -0.1) is 0 Å². The van der Waals surface area contributed by atoms with E-state index in [1.807, 2.05) is 0 Å². The lowest BCUT2D eigenvalue weighted by Gasteiger charge is -2.09. The fourth-order valence-electron chi connectivity index (χ4n) is 3.27. The summed E-state index contributed by atoms with van der Waals surface area (Å²) in [6, 6.07) is 13.2. The molecular weight excluding hydrogens is 396 g/mol. The van der Waals surface area contributed by atoms with Crippen molar-refractivity contribution >= 4 is 40.0 Å². The minimum atomic E-state index is -0.433. The largest absolute Gasteiger partial charge is 0.497 e. The first-order valence-corrected chi connectivity index (χ1v) is 9.38. The van der Waals surface area contributed by atoms with Crippen molar-refractivity contribution in [2.24, 2.45) is 7.05 Å². The number of nitrogens with two attached hydrogens (primary N) is 1. The number of hydrogen-bond donors (Lipinski definition) is 3. The molecule has 0 bridgehead atoms. The van der Waals surface area contributed by atoms with Crippen LogP contribution in [0.1, 0.15) is 15.9 Å². The Labute approximate surface area is 177 Å². The Morgan fingerprint density at radius 3 is 2.52 bits per heavy atom. The van der Waals surface area contributed by atoms with Gasteiger partial charge in [0.05, 0.1) is 18.1 Å². The molecule has 4 aromatic rings. The van der Waals surface area contributed by atoms with Gasteiger partial charge in [0.1, 0.15) is 23.5 Å². The number of urea groups is 1. The molecule has 0 saturated carbocycles. The van der Waals surface area contributed by atoms with Crippen LogP contribution in [0.4, 0.5) is 22.0 Å². The number of aromatic nitrogens is 3. The van der Waals surface area contributed by atoms with E-state index in [0.29, 0.717) is 39.3 Å². The Balaban J connectivity index is 1.54. The van der Waals surface area contributed by atoms with Crippen LogP contribution in [-0.4, -0.2) is 33.5 Å². The van der Waals surface area contributed by atoms with E-state index in [-0.39, 0.29) is 11.6 Å². The van der Waals surface area contributed by atoms with Crippen molar-refractivity contribution < 1.29 is 14.3 Å². The molecule has 0 radical (unpaired) electrons. The van der Waals surface area contributed by atoms with Crippen LogP contribution in [0.15, 0.2) is 61.1 Å². The van der Waals surface area contributed by atoms with Crippen molar-refractivity contribution in [1.29, 1.82) is 0 Å². The van der Waals surface area contributed by atoms with E-state index in [2.05, 4.69) is 20.6 Å². The number of carbonyl (C=O) groups excluding carboxylic acids is 2. The van der Waals surface area contributed by atoms with Gasteiger partial charge in [0.25, 0.3) is 0 Å². The van der Waals surface area contributed by atoms with Gasteiger partial charge in [-0.3, -0.25) is 4.79 Å². The van der Waals surface area contributed by atoms with E-state index in [0.717, 1.165) is 0 Å². The number of ether oxygens (including phenoxy) is 1. The summed E-state index contributed by atoms with van der Waals surface area (Å²) in [6.45, 7) is 0. The predicted molar refractivity (Wildman–Crippen MR) is 118 cm³/mol. The van der Waals surface area contributed by atoms with Gasteiger partial charge in [-0.25, -0.2) is 14.8 Å². The number of nitrogen functional groups attached to an aromatic ring is 1. The quantitative estimate of drug-likeness (QED) is 0.428. The van der Waals surface area contributed by atoms with Crippen LogP contribution in [0.25, 0.3) is 11.0 Å². The molecule has 31 heavy (non-hydrogen) atoms. The fraction of sp³-hybridized carbons (Fsp3) is 0.0909. The average Bonchev–Trinajstić information content (AvgIpc) is 3.12. The second-order valence-electron chi connectivity index (χ2n) is 6.83. The third-order valence-corrected chi connectivity index (χ3v) is 4.76. The summed E-state index contributed by atoms with van der Waals surface area (Å²) < 4.78 is 6.83. The molecule has 9 heteroatoms. The maximum absolute atomic E-state index is 13.2. The number of hydrogen-bond acceptors (Lipinski definition) is 6. The maximum atomic E-state index is 13.2. The van der Waals surface area contributed by atoms with Crippen LogP contribution in [-0.2, 0) is 7.05 Å². The molecule has 4 rings (SSSR count). The highest BCUT2D eigenvalue weighted by molar-refractivity contribution is 6.18. The number of aryl methyl sites for hydroxylation is 1. The van der Waals surface area contributed by atoms with Crippen molar-refractivity contribution in [3.05, 3.63) is 72.2 Å². The van der Waals surface area contributed by atoms with Gasteiger partial charge < -0.3 is 25.7 Å². The van der Waals surface area contributed by atoms with E-state index in [4.69, 9.17) is 10.5 Å². The number of carbonyl (C=O) groups is 2. The molecule has 0 saturated heterocycles. The van der Waals surface area contributed by atoms with Crippen LogP contribution in [0.5, 0.6) is 5.75 Å². The molecule has 0 unspecified atom stereocenters. The Morgan fingerprint density at radius 2 is 1.77 bits per heavy atom. The van der Waals surface area contributed by atoms with Crippen LogP contribution in [0, 0.1) is 0 Å². The first-order chi connectivity index (χ1) is 15.0. The van der Waals surface area contributed by atoms with Gasteiger partial charge >= 0.3 is 6.03 Å². The summed E-state index contributed by atoms with van der Waals surface area (Å²) in [7, 11) is 3.36. The number of benzene rings is 2. The van der Waals surface area contributed by atoms with Crippen LogP contribution in [0.3, 0.4) is 0 Å². The van der Waals surface area contributed by atoms with Crippen molar-refractivity contribution in [3.8, 4) is 5.75 Å². The molecule has 2 aromatic carbocycles. The van der Waals surface area contributed by atoms with E-state index < -0.39 is 6.03 Å². The highest BCUT2D eigenvalue weighted by atomic mass is 16.5. The molecule has 0 spiro atoms. The second kappa shape index (κ2) is 8.15. The molecule has 0 atom stereocenters. The SMILES string of the molecule is COc1ccc(NC(=O)Nc2cccc(C(=O)c3cn(C)c4ncnc(N)c34)c2)cc1. The van der Waals surface area contributed by atoms with Crippen LogP contribution < -0.4 is 21.1 Å². The summed E-state index contributed by atoms with van der Waals surface area (Å²) in [5, 5.41) is 5.97. The van der Waals surface area contributed by atoms with E-state index in [1.165, 1.54) is 6.33 Å². The van der Waals surface area contributed by atoms with E-state index in [1.54, 1.807) is 73.5 Å². The molecule has 4 N–H and O–H groups in total. The van der Waals surface area contributed by atoms with Crippen LogP contribution >= 0.6 is 0 Å². The Kier molecular flexibility index (Phi) is 5.23. The Hall–Kier alpha value is -4.40. The third-order valence-electron chi connectivity index (χ3n) is 4.76. The zero-order chi connectivity index (χ0) is 22.0. The summed E-state index contributed by atoms with van der Waals surface area (Å²) in [5.74, 6) is 0.685. The fourth-order valence-corrected chi connectivity index (χ4v) is 3.27. The lowest BCUT2D eigenvalue weighted by Crippen LogP contribution is -2.19. The Morgan fingerprint density at radius 1 is 1.03 bits per heavy atom. The normalized spacial score (nSPS) is 10.6. The van der Waals surface area contributed by atoms with Crippen molar-refractivity contribution in [3.63, 3.8) is 0 Å². The number of anilines is 3. The molecule has 2 amide bonds. The number of fused-ring (bicyclic) bond motifs is 1. The number of nitrogens with zero attached hydrogens (tertiary/aromatic N) is 3. The maximum Gasteiger partial charge on any atom is 0.323 e. The van der Waals surface area contributed by atoms with Crippen molar-refractivity contribution in [1.82, 2.24) is 14.5 Å². The average molecular weight is 416 g/mol. The van der Waals surface area contributed by atoms with Gasteiger partial charge in [-0.05, 0) is 36.4 Å². The van der Waals surface area contributed by atoms with Crippen molar-refractivity contribution in [2.75, 3.05) is 23.5 Å². The second-order valence-corrected chi connectivity index (χ2v) is 6.83. The van der Waals surface area contributed by atoms with Gasteiger partial charge in [0.15, 0.2) is 5.78 Å². The summed E-state index contributed by atoms with van der Waals surface area (Å²) in [5.41, 5.74) is 8.44. The molecule has 0 aliphatic rings. The number of ketones is 1. The number of rotatable bonds is 5. The molecular formula is C22H20N6O3. The van der Waals surface area contributed by atoms with E-state index in [9.17, 15) is 9.59 Å². The van der Waals surface area contributed by atoms with Gasteiger partial charge in [-0.2, -0.15) is 0 Å².